The topological polar surface area (TPSA) is 55.1 Å². The van der Waals surface area contributed by atoms with Crippen LogP contribution in [0.2, 0.25) is 0 Å². The minimum atomic E-state index is -0.569. The first kappa shape index (κ1) is 15.9. The third-order valence-electron chi connectivity index (χ3n) is 2.49. The van der Waals surface area contributed by atoms with Crippen LogP contribution in [0.25, 0.3) is 0 Å². The van der Waals surface area contributed by atoms with E-state index in [4.69, 9.17) is 5.73 Å². The molecule has 96 valence electrons. The largest absolute Gasteiger partial charge is 0.352 e. The van der Waals surface area contributed by atoms with E-state index in [1.807, 2.05) is 0 Å². The Kier molecular flexibility index (Phi) is 6.13. The molecule has 0 aliphatic carbocycles. The Hall–Kier alpha value is -1.13. The Balaban J connectivity index is 0.00000256. The van der Waals surface area contributed by atoms with Crippen LogP contribution < -0.4 is 11.1 Å². The highest BCUT2D eigenvalue weighted by atomic mass is 35.5. The normalized spacial score (nSPS) is 10.6. The molecule has 17 heavy (non-hydrogen) atoms. The zero-order valence-electron chi connectivity index (χ0n) is 10.00. The fourth-order valence-corrected chi connectivity index (χ4v) is 1.12. The number of rotatable bonds is 4. The number of hydrogen-bond donors (Lipinski definition) is 2. The Labute approximate surface area is 107 Å². The predicted molar refractivity (Wildman–Crippen MR) is 68.3 cm³/mol. The van der Waals surface area contributed by atoms with Gasteiger partial charge in [0.05, 0.1) is 5.41 Å². The summed E-state index contributed by atoms with van der Waals surface area (Å²) in [6.45, 7) is 4.25. The molecule has 0 fully saturated rings. The first-order chi connectivity index (χ1) is 7.45. The van der Waals surface area contributed by atoms with Crippen molar-refractivity contribution >= 4 is 18.3 Å². The summed E-state index contributed by atoms with van der Waals surface area (Å²) in [7, 11) is 0. The van der Waals surface area contributed by atoms with Crippen LogP contribution >= 0.6 is 12.4 Å². The van der Waals surface area contributed by atoms with Gasteiger partial charge in [0.1, 0.15) is 5.82 Å². The molecule has 3 N–H and O–H groups in total. The van der Waals surface area contributed by atoms with Gasteiger partial charge in [-0.15, -0.1) is 12.4 Å². The summed E-state index contributed by atoms with van der Waals surface area (Å²) in [5.41, 5.74) is 5.78. The van der Waals surface area contributed by atoms with Gasteiger partial charge in [-0.25, -0.2) is 4.39 Å². The maximum Gasteiger partial charge on any atom is 0.227 e. The molecule has 5 heteroatoms. The lowest BCUT2D eigenvalue weighted by atomic mass is 9.92. The molecule has 1 rings (SSSR count). The van der Waals surface area contributed by atoms with Crippen molar-refractivity contribution in [2.45, 2.75) is 20.4 Å². The molecule has 0 aliphatic rings. The minimum absolute atomic E-state index is 0. The molecule has 1 amide bonds. The first-order valence-corrected chi connectivity index (χ1v) is 5.18. The zero-order valence-corrected chi connectivity index (χ0v) is 10.8. The van der Waals surface area contributed by atoms with Crippen molar-refractivity contribution in [1.82, 2.24) is 5.32 Å². The van der Waals surface area contributed by atoms with Crippen LogP contribution in [-0.4, -0.2) is 12.5 Å². The second kappa shape index (κ2) is 6.57. The summed E-state index contributed by atoms with van der Waals surface area (Å²) < 4.78 is 12.6. The van der Waals surface area contributed by atoms with Crippen LogP contribution in [0.15, 0.2) is 24.3 Å². The van der Waals surface area contributed by atoms with E-state index in [0.717, 1.165) is 5.56 Å². The SMILES string of the molecule is CC(C)(CN)C(=O)NCc1ccc(F)cc1.Cl. The average molecular weight is 261 g/mol. The lowest BCUT2D eigenvalue weighted by Gasteiger charge is -2.21. The third kappa shape index (κ3) is 4.71. The molecule has 0 aromatic heterocycles. The van der Waals surface area contributed by atoms with Crippen molar-refractivity contribution in [2.24, 2.45) is 11.1 Å². The Morgan fingerprint density at radius 3 is 2.35 bits per heavy atom. The zero-order chi connectivity index (χ0) is 12.2. The summed E-state index contributed by atoms with van der Waals surface area (Å²) in [6.07, 6.45) is 0. The quantitative estimate of drug-likeness (QED) is 0.868. The fraction of sp³-hybridized carbons (Fsp3) is 0.417. The number of carbonyl (C=O) groups excluding carboxylic acids is 1. The maximum atomic E-state index is 12.6. The number of nitrogens with two attached hydrogens (primary N) is 1. The van der Waals surface area contributed by atoms with Gasteiger partial charge in [-0.1, -0.05) is 12.1 Å². The molecule has 0 saturated carbocycles. The van der Waals surface area contributed by atoms with Crippen LogP contribution in [-0.2, 0) is 11.3 Å². The van der Waals surface area contributed by atoms with Crippen LogP contribution in [0.3, 0.4) is 0 Å². The van der Waals surface area contributed by atoms with Crippen LogP contribution in [0.4, 0.5) is 4.39 Å². The van der Waals surface area contributed by atoms with E-state index >= 15 is 0 Å². The smallest absolute Gasteiger partial charge is 0.227 e. The molecule has 0 spiro atoms. The first-order valence-electron chi connectivity index (χ1n) is 5.18. The molecular formula is C12H18ClFN2O. The Morgan fingerprint density at radius 1 is 1.35 bits per heavy atom. The van der Waals surface area contributed by atoms with Crippen molar-refractivity contribution in [3.05, 3.63) is 35.6 Å². The molecular weight excluding hydrogens is 243 g/mol. The summed E-state index contributed by atoms with van der Waals surface area (Å²) in [4.78, 5) is 11.7. The van der Waals surface area contributed by atoms with Gasteiger partial charge in [0.25, 0.3) is 0 Å². The van der Waals surface area contributed by atoms with Crippen LogP contribution in [0.5, 0.6) is 0 Å². The molecule has 0 bridgehead atoms. The highest BCUT2D eigenvalue weighted by molar-refractivity contribution is 5.85. The van der Waals surface area contributed by atoms with E-state index in [-0.39, 0.29) is 24.1 Å². The number of amides is 1. The molecule has 0 radical (unpaired) electrons. The van der Waals surface area contributed by atoms with Gasteiger partial charge in [0.15, 0.2) is 0 Å². The highest BCUT2D eigenvalue weighted by Crippen LogP contribution is 2.12. The third-order valence-corrected chi connectivity index (χ3v) is 2.49. The van der Waals surface area contributed by atoms with E-state index < -0.39 is 5.41 Å². The molecule has 0 unspecified atom stereocenters. The van der Waals surface area contributed by atoms with Gasteiger partial charge in [0.2, 0.25) is 5.91 Å². The summed E-state index contributed by atoms with van der Waals surface area (Å²) >= 11 is 0. The van der Waals surface area contributed by atoms with Gasteiger partial charge in [0, 0.05) is 13.1 Å². The lowest BCUT2D eigenvalue weighted by molar-refractivity contribution is -0.129. The van der Waals surface area contributed by atoms with E-state index in [2.05, 4.69) is 5.32 Å². The summed E-state index contributed by atoms with van der Waals surface area (Å²) in [5.74, 6) is -0.378. The molecule has 1 aromatic rings. The van der Waals surface area contributed by atoms with Gasteiger partial charge in [-0.3, -0.25) is 4.79 Å². The van der Waals surface area contributed by atoms with Gasteiger partial charge < -0.3 is 11.1 Å². The van der Waals surface area contributed by atoms with Crippen molar-refractivity contribution in [1.29, 1.82) is 0 Å². The molecule has 1 aromatic carbocycles. The molecule has 0 atom stereocenters. The monoisotopic (exact) mass is 260 g/mol. The number of hydrogen-bond acceptors (Lipinski definition) is 2. The van der Waals surface area contributed by atoms with E-state index in [1.54, 1.807) is 26.0 Å². The minimum Gasteiger partial charge on any atom is -0.352 e. The lowest BCUT2D eigenvalue weighted by Crippen LogP contribution is -2.41. The highest BCUT2D eigenvalue weighted by Gasteiger charge is 2.25. The average Bonchev–Trinajstić information content (AvgIpc) is 2.28. The predicted octanol–water partition coefficient (Wildman–Crippen LogP) is 1.85. The van der Waals surface area contributed by atoms with Crippen LogP contribution in [0.1, 0.15) is 19.4 Å². The number of benzene rings is 1. The molecule has 3 nitrogen and oxygen atoms in total. The van der Waals surface area contributed by atoms with E-state index in [0.29, 0.717) is 13.1 Å². The fourth-order valence-electron chi connectivity index (χ4n) is 1.12. The van der Waals surface area contributed by atoms with Gasteiger partial charge >= 0.3 is 0 Å². The van der Waals surface area contributed by atoms with Gasteiger partial charge in [-0.2, -0.15) is 0 Å². The van der Waals surface area contributed by atoms with Crippen molar-refractivity contribution in [2.75, 3.05) is 6.54 Å². The number of carbonyl (C=O) groups is 1. The molecule has 0 saturated heterocycles. The second-order valence-electron chi connectivity index (χ2n) is 4.40. The van der Waals surface area contributed by atoms with Gasteiger partial charge in [-0.05, 0) is 31.5 Å². The number of nitrogens with one attached hydrogen (secondary N) is 1. The molecule has 0 aliphatic heterocycles. The van der Waals surface area contributed by atoms with E-state index in [1.165, 1.54) is 12.1 Å². The summed E-state index contributed by atoms with van der Waals surface area (Å²) in [5, 5.41) is 2.77. The Bertz CT molecular complexity index is 365. The van der Waals surface area contributed by atoms with Crippen molar-refractivity contribution in [3.63, 3.8) is 0 Å². The van der Waals surface area contributed by atoms with E-state index in [9.17, 15) is 9.18 Å². The van der Waals surface area contributed by atoms with Crippen LogP contribution in [0, 0.1) is 11.2 Å². The van der Waals surface area contributed by atoms with Crippen molar-refractivity contribution < 1.29 is 9.18 Å². The number of halogens is 2. The maximum absolute atomic E-state index is 12.6. The second-order valence-corrected chi connectivity index (χ2v) is 4.40. The molecule has 0 heterocycles. The summed E-state index contributed by atoms with van der Waals surface area (Å²) in [6, 6.07) is 6.03. The Morgan fingerprint density at radius 2 is 1.88 bits per heavy atom. The standard InChI is InChI=1S/C12H17FN2O.ClH/c1-12(2,8-14)11(16)15-7-9-3-5-10(13)6-4-9;/h3-6H,7-8,14H2,1-2H3,(H,15,16);1H. The van der Waals surface area contributed by atoms with Crippen molar-refractivity contribution in [3.8, 4) is 0 Å².